The SMILES string of the molecule is CN(C1(CN)CCCCCC1)S(=O)(=O)N1CCOCC1. The molecule has 2 fully saturated rings. The Morgan fingerprint density at radius 2 is 1.70 bits per heavy atom. The standard InChI is InChI=1S/C13H27N3O3S/c1-15(13(12-14)6-4-2-3-5-7-13)20(17,18)16-8-10-19-11-9-16/h2-12,14H2,1H3. The molecule has 0 aromatic carbocycles. The van der Waals surface area contributed by atoms with Gasteiger partial charge in [-0.1, -0.05) is 25.7 Å². The Morgan fingerprint density at radius 3 is 2.20 bits per heavy atom. The van der Waals surface area contributed by atoms with Crippen molar-refractivity contribution in [1.82, 2.24) is 8.61 Å². The Kier molecular flexibility index (Phi) is 5.42. The summed E-state index contributed by atoms with van der Waals surface area (Å²) >= 11 is 0. The minimum atomic E-state index is -3.44. The highest BCUT2D eigenvalue weighted by atomic mass is 32.2. The number of nitrogens with zero attached hydrogens (tertiary/aromatic N) is 2. The Morgan fingerprint density at radius 1 is 1.15 bits per heavy atom. The number of morpholine rings is 1. The third kappa shape index (κ3) is 3.17. The van der Waals surface area contributed by atoms with Crippen LogP contribution in [0, 0.1) is 0 Å². The van der Waals surface area contributed by atoms with E-state index in [1.165, 1.54) is 17.1 Å². The highest BCUT2D eigenvalue weighted by Gasteiger charge is 2.42. The van der Waals surface area contributed by atoms with Crippen LogP contribution >= 0.6 is 0 Å². The van der Waals surface area contributed by atoms with Crippen molar-refractivity contribution in [2.24, 2.45) is 5.73 Å². The molecule has 0 unspecified atom stereocenters. The molecule has 0 bridgehead atoms. The third-order valence-electron chi connectivity index (χ3n) is 4.72. The molecule has 1 heterocycles. The lowest BCUT2D eigenvalue weighted by molar-refractivity contribution is 0.0668. The van der Waals surface area contributed by atoms with E-state index in [9.17, 15) is 8.42 Å². The van der Waals surface area contributed by atoms with Crippen LogP contribution in [0.2, 0.25) is 0 Å². The van der Waals surface area contributed by atoms with Crippen molar-refractivity contribution < 1.29 is 13.2 Å². The predicted octanol–water partition coefficient (Wildman–Crippen LogP) is 0.547. The van der Waals surface area contributed by atoms with Crippen molar-refractivity contribution in [2.75, 3.05) is 39.9 Å². The minimum absolute atomic E-state index is 0.396. The molecule has 0 amide bonds. The normalized spacial score (nSPS) is 25.6. The Bertz CT molecular complexity index is 399. The maximum absolute atomic E-state index is 12.8. The van der Waals surface area contributed by atoms with Crippen LogP contribution in [-0.2, 0) is 14.9 Å². The van der Waals surface area contributed by atoms with Crippen molar-refractivity contribution in [3.63, 3.8) is 0 Å². The van der Waals surface area contributed by atoms with Gasteiger partial charge in [-0.15, -0.1) is 0 Å². The van der Waals surface area contributed by atoms with E-state index >= 15 is 0 Å². The maximum Gasteiger partial charge on any atom is 0.282 e. The fourth-order valence-electron chi connectivity index (χ4n) is 3.23. The molecule has 1 aliphatic heterocycles. The van der Waals surface area contributed by atoms with Gasteiger partial charge in [-0.05, 0) is 12.8 Å². The van der Waals surface area contributed by atoms with Gasteiger partial charge in [0.2, 0.25) is 0 Å². The van der Waals surface area contributed by atoms with Crippen molar-refractivity contribution in [2.45, 2.75) is 44.1 Å². The summed E-state index contributed by atoms with van der Waals surface area (Å²) in [7, 11) is -1.74. The number of likely N-dealkylation sites (N-methyl/N-ethyl adjacent to an activating group) is 1. The Hall–Kier alpha value is -0.210. The van der Waals surface area contributed by atoms with Crippen molar-refractivity contribution in [1.29, 1.82) is 0 Å². The molecule has 0 aromatic rings. The molecule has 2 rings (SSSR count). The Balaban J connectivity index is 2.19. The van der Waals surface area contributed by atoms with Crippen LogP contribution in [0.5, 0.6) is 0 Å². The van der Waals surface area contributed by atoms with Gasteiger partial charge in [0.05, 0.1) is 13.2 Å². The van der Waals surface area contributed by atoms with Gasteiger partial charge in [-0.25, -0.2) is 0 Å². The quantitative estimate of drug-likeness (QED) is 0.770. The van der Waals surface area contributed by atoms with E-state index < -0.39 is 15.7 Å². The van der Waals surface area contributed by atoms with Crippen LogP contribution in [0.1, 0.15) is 38.5 Å². The number of hydrogen-bond donors (Lipinski definition) is 1. The highest BCUT2D eigenvalue weighted by molar-refractivity contribution is 7.86. The average Bonchev–Trinajstić information content (AvgIpc) is 2.73. The molecule has 1 aliphatic carbocycles. The second-order valence-corrected chi connectivity index (χ2v) is 7.79. The molecule has 7 heteroatoms. The van der Waals surface area contributed by atoms with Gasteiger partial charge in [-0.2, -0.15) is 17.0 Å². The van der Waals surface area contributed by atoms with Crippen molar-refractivity contribution >= 4 is 10.2 Å². The second kappa shape index (κ2) is 6.70. The topological polar surface area (TPSA) is 75.9 Å². The fourth-order valence-corrected chi connectivity index (χ4v) is 4.93. The zero-order chi connectivity index (χ0) is 14.6. The summed E-state index contributed by atoms with van der Waals surface area (Å²) in [4.78, 5) is 0. The monoisotopic (exact) mass is 305 g/mol. The summed E-state index contributed by atoms with van der Waals surface area (Å²) in [6, 6.07) is 0. The fraction of sp³-hybridized carbons (Fsp3) is 1.00. The smallest absolute Gasteiger partial charge is 0.282 e. The summed E-state index contributed by atoms with van der Waals surface area (Å²) in [5.41, 5.74) is 5.58. The van der Waals surface area contributed by atoms with Crippen LogP contribution in [0.4, 0.5) is 0 Å². The molecule has 1 saturated carbocycles. The number of hydrogen-bond acceptors (Lipinski definition) is 4. The first-order chi connectivity index (χ1) is 9.53. The second-order valence-electron chi connectivity index (χ2n) is 5.83. The molecule has 118 valence electrons. The van der Waals surface area contributed by atoms with Crippen LogP contribution in [0.15, 0.2) is 0 Å². The van der Waals surface area contributed by atoms with Crippen molar-refractivity contribution in [3.8, 4) is 0 Å². The number of ether oxygens (including phenoxy) is 1. The molecule has 2 aliphatic rings. The summed E-state index contributed by atoms with van der Waals surface area (Å²) in [6.07, 6.45) is 6.19. The largest absolute Gasteiger partial charge is 0.379 e. The first-order valence-corrected chi connectivity index (χ1v) is 8.94. The van der Waals surface area contributed by atoms with E-state index in [1.807, 2.05) is 0 Å². The van der Waals surface area contributed by atoms with Gasteiger partial charge in [0.25, 0.3) is 10.2 Å². The summed E-state index contributed by atoms with van der Waals surface area (Å²) < 4.78 is 33.9. The molecule has 6 nitrogen and oxygen atoms in total. The highest BCUT2D eigenvalue weighted by Crippen LogP contribution is 2.33. The van der Waals surface area contributed by atoms with Gasteiger partial charge in [0, 0.05) is 32.2 Å². The first kappa shape index (κ1) is 16.2. The summed E-state index contributed by atoms with van der Waals surface area (Å²) in [6.45, 7) is 2.22. The third-order valence-corrected chi connectivity index (χ3v) is 6.82. The van der Waals surface area contributed by atoms with E-state index in [1.54, 1.807) is 11.4 Å². The van der Waals surface area contributed by atoms with Gasteiger partial charge < -0.3 is 10.5 Å². The van der Waals surface area contributed by atoms with Crippen LogP contribution in [-0.4, -0.2) is 62.5 Å². The molecule has 1 saturated heterocycles. The van der Waals surface area contributed by atoms with Gasteiger partial charge in [-0.3, -0.25) is 0 Å². The van der Waals surface area contributed by atoms with E-state index in [4.69, 9.17) is 10.5 Å². The molecule has 20 heavy (non-hydrogen) atoms. The maximum atomic E-state index is 12.8. The van der Waals surface area contributed by atoms with E-state index in [-0.39, 0.29) is 0 Å². The lowest BCUT2D eigenvalue weighted by atomic mass is 9.90. The number of nitrogens with two attached hydrogens (primary N) is 1. The first-order valence-electron chi connectivity index (χ1n) is 7.55. The average molecular weight is 305 g/mol. The minimum Gasteiger partial charge on any atom is -0.379 e. The summed E-state index contributed by atoms with van der Waals surface area (Å²) in [5, 5.41) is 0. The van der Waals surface area contributed by atoms with Gasteiger partial charge in [0.15, 0.2) is 0 Å². The van der Waals surface area contributed by atoms with Crippen LogP contribution in [0.3, 0.4) is 0 Å². The lowest BCUT2D eigenvalue weighted by Crippen LogP contribution is -2.59. The number of rotatable bonds is 4. The van der Waals surface area contributed by atoms with Crippen LogP contribution < -0.4 is 5.73 Å². The molecule has 0 atom stereocenters. The van der Waals surface area contributed by atoms with E-state index in [2.05, 4.69) is 0 Å². The Labute approximate surface area is 122 Å². The zero-order valence-electron chi connectivity index (χ0n) is 12.4. The molecule has 0 aromatic heterocycles. The molecule has 2 N–H and O–H groups in total. The zero-order valence-corrected chi connectivity index (χ0v) is 13.2. The molecular formula is C13H27N3O3S. The molecule has 0 spiro atoms. The van der Waals surface area contributed by atoms with Gasteiger partial charge in [0.1, 0.15) is 0 Å². The van der Waals surface area contributed by atoms with E-state index in [0.717, 1.165) is 25.7 Å². The van der Waals surface area contributed by atoms with E-state index in [0.29, 0.717) is 32.8 Å². The molecular weight excluding hydrogens is 278 g/mol. The predicted molar refractivity (Wildman–Crippen MR) is 78.6 cm³/mol. The van der Waals surface area contributed by atoms with Crippen LogP contribution in [0.25, 0.3) is 0 Å². The molecule has 0 radical (unpaired) electrons. The summed E-state index contributed by atoms with van der Waals surface area (Å²) in [5.74, 6) is 0. The van der Waals surface area contributed by atoms with Crippen molar-refractivity contribution in [3.05, 3.63) is 0 Å². The lowest BCUT2D eigenvalue weighted by Gasteiger charge is -2.42. The van der Waals surface area contributed by atoms with Gasteiger partial charge >= 0.3 is 0 Å².